The van der Waals surface area contributed by atoms with Gasteiger partial charge in [-0.2, -0.15) is 0 Å². The van der Waals surface area contributed by atoms with Gasteiger partial charge in [-0.25, -0.2) is 0 Å². The van der Waals surface area contributed by atoms with Gasteiger partial charge < -0.3 is 15.1 Å². The molecule has 0 radical (unpaired) electrons. The zero-order valence-corrected chi connectivity index (χ0v) is 13.1. The van der Waals surface area contributed by atoms with Gasteiger partial charge in [-0.05, 0) is 42.9 Å². The number of hydrogen-bond acceptors (Lipinski definition) is 2. The van der Waals surface area contributed by atoms with Crippen LogP contribution < -0.4 is 5.32 Å². The Morgan fingerprint density at radius 2 is 2.05 bits per heavy atom. The second-order valence-corrected chi connectivity index (χ2v) is 5.76. The molecule has 2 rings (SSSR count). The molecule has 6 heteroatoms. The summed E-state index contributed by atoms with van der Waals surface area (Å²) < 4.78 is 1.09. The number of thiocarbonyl (C=S) groups is 1. The monoisotopic (exact) mass is 341 g/mol. The second kappa shape index (κ2) is 6.34. The summed E-state index contributed by atoms with van der Waals surface area (Å²) in [5.74, 6) is 0. The van der Waals surface area contributed by atoms with Gasteiger partial charge in [0, 0.05) is 36.3 Å². The lowest BCUT2D eigenvalue weighted by Crippen LogP contribution is -2.49. The van der Waals surface area contributed by atoms with E-state index < -0.39 is 0 Å². The predicted octanol–water partition coefficient (Wildman–Crippen LogP) is 2.23. The number of benzene rings is 1. The van der Waals surface area contributed by atoms with Crippen LogP contribution in [0.2, 0.25) is 0 Å². The van der Waals surface area contributed by atoms with Crippen LogP contribution in [0.4, 0.5) is 5.69 Å². The molecule has 0 spiro atoms. The molecule has 1 aliphatic rings. The molecule has 1 amide bonds. The van der Waals surface area contributed by atoms with Gasteiger partial charge in [0.15, 0.2) is 5.11 Å². The van der Waals surface area contributed by atoms with Crippen molar-refractivity contribution in [1.29, 1.82) is 0 Å². The second-order valence-electron chi connectivity index (χ2n) is 4.52. The number of nitrogens with one attached hydrogen (secondary N) is 1. The van der Waals surface area contributed by atoms with Crippen molar-refractivity contribution in [2.24, 2.45) is 0 Å². The van der Waals surface area contributed by atoms with Gasteiger partial charge >= 0.3 is 0 Å². The summed E-state index contributed by atoms with van der Waals surface area (Å²) in [4.78, 5) is 14.5. The summed E-state index contributed by atoms with van der Waals surface area (Å²) in [7, 11) is 0. The first-order chi connectivity index (χ1) is 9.10. The summed E-state index contributed by atoms with van der Waals surface area (Å²) in [6, 6.07) is 6.05. The lowest BCUT2D eigenvalue weighted by Gasteiger charge is -2.34. The van der Waals surface area contributed by atoms with E-state index in [1.807, 2.05) is 19.1 Å². The van der Waals surface area contributed by atoms with Gasteiger partial charge in [0.05, 0.1) is 0 Å². The van der Waals surface area contributed by atoms with E-state index in [-0.39, 0.29) is 0 Å². The molecule has 1 fully saturated rings. The molecule has 1 heterocycles. The van der Waals surface area contributed by atoms with E-state index >= 15 is 0 Å². The Balaban J connectivity index is 1.94. The highest BCUT2D eigenvalue weighted by Crippen LogP contribution is 2.20. The van der Waals surface area contributed by atoms with Crippen LogP contribution in [0, 0.1) is 6.92 Å². The first-order valence-electron chi connectivity index (χ1n) is 6.11. The van der Waals surface area contributed by atoms with Gasteiger partial charge in [0.2, 0.25) is 6.41 Å². The molecule has 0 bridgehead atoms. The molecule has 1 aliphatic heterocycles. The minimum Gasteiger partial charge on any atom is -0.345 e. The van der Waals surface area contributed by atoms with Crippen LogP contribution in [-0.4, -0.2) is 47.5 Å². The lowest BCUT2D eigenvalue weighted by molar-refractivity contribution is -0.119. The van der Waals surface area contributed by atoms with Gasteiger partial charge in [0.25, 0.3) is 0 Å². The predicted molar refractivity (Wildman–Crippen MR) is 84.3 cm³/mol. The number of hydrogen-bond donors (Lipinski definition) is 1. The Kier molecular flexibility index (Phi) is 4.76. The fourth-order valence-corrected chi connectivity index (χ4v) is 2.50. The average Bonchev–Trinajstić information content (AvgIpc) is 2.43. The third-order valence-electron chi connectivity index (χ3n) is 3.16. The fourth-order valence-electron chi connectivity index (χ4n) is 1.96. The number of aryl methyl sites for hydroxylation is 1. The molecule has 0 aromatic heterocycles. The molecule has 0 unspecified atom stereocenters. The first-order valence-corrected chi connectivity index (χ1v) is 7.31. The smallest absolute Gasteiger partial charge is 0.209 e. The van der Waals surface area contributed by atoms with Gasteiger partial charge in [-0.1, -0.05) is 15.9 Å². The summed E-state index contributed by atoms with van der Waals surface area (Å²) in [6.45, 7) is 5.05. The zero-order chi connectivity index (χ0) is 13.8. The number of anilines is 1. The third kappa shape index (κ3) is 3.67. The average molecular weight is 342 g/mol. The summed E-state index contributed by atoms with van der Waals surface area (Å²) in [6.07, 6.45) is 0.895. The summed E-state index contributed by atoms with van der Waals surface area (Å²) in [5.41, 5.74) is 2.15. The number of rotatable bonds is 2. The van der Waals surface area contributed by atoms with Gasteiger partial charge in [-0.3, -0.25) is 4.79 Å². The molecule has 0 atom stereocenters. The number of nitrogens with zero attached hydrogens (tertiary/aromatic N) is 2. The van der Waals surface area contributed by atoms with E-state index in [1.165, 1.54) is 5.56 Å². The van der Waals surface area contributed by atoms with Crippen LogP contribution >= 0.6 is 28.1 Å². The summed E-state index contributed by atoms with van der Waals surface area (Å²) in [5, 5.41) is 3.96. The van der Waals surface area contributed by atoms with E-state index in [4.69, 9.17) is 12.2 Å². The van der Waals surface area contributed by atoms with Crippen molar-refractivity contribution >= 4 is 45.4 Å². The number of piperazine rings is 1. The van der Waals surface area contributed by atoms with E-state index in [2.05, 4.69) is 32.2 Å². The van der Waals surface area contributed by atoms with Gasteiger partial charge in [0.1, 0.15) is 0 Å². The molecule has 0 saturated carbocycles. The first kappa shape index (κ1) is 14.3. The molecule has 19 heavy (non-hydrogen) atoms. The fraction of sp³-hybridized carbons (Fsp3) is 0.385. The number of carbonyl (C=O) groups excluding carboxylic acids is 1. The van der Waals surface area contributed by atoms with Crippen LogP contribution in [-0.2, 0) is 4.79 Å². The Morgan fingerprint density at radius 1 is 1.37 bits per heavy atom. The third-order valence-corrected chi connectivity index (χ3v) is 4.41. The van der Waals surface area contributed by atoms with E-state index in [0.29, 0.717) is 5.11 Å². The van der Waals surface area contributed by atoms with Crippen molar-refractivity contribution < 1.29 is 4.79 Å². The van der Waals surface area contributed by atoms with Crippen LogP contribution in [0.5, 0.6) is 0 Å². The number of halogens is 1. The molecule has 1 N–H and O–H groups in total. The Bertz CT molecular complexity index is 487. The Morgan fingerprint density at radius 3 is 2.63 bits per heavy atom. The van der Waals surface area contributed by atoms with Crippen LogP contribution in [0.1, 0.15) is 5.56 Å². The molecule has 4 nitrogen and oxygen atoms in total. The molecular weight excluding hydrogens is 326 g/mol. The van der Waals surface area contributed by atoms with Crippen molar-refractivity contribution in [2.45, 2.75) is 6.92 Å². The largest absolute Gasteiger partial charge is 0.345 e. The maximum Gasteiger partial charge on any atom is 0.209 e. The molecule has 1 aromatic rings. The minimum absolute atomic E-state index is 0.715. The van der Waals surface area contributed by atoms with Crippen LogP contribution in [0.3, 0.4) is 0 Å². The molecule has 1 saturated heterocycles. The Labute approximate surface area is 126 Å². The maximum atomic E-state index is 10.7. The van der Waals surface area contributed by atoms with Crippen LogP contribution in [0.15, 0.2) is 22.7 Å². The molecule has 0 aliphatic carbocycles. The topological polar surface area (TPSA) is 35.6 Å². The van der Waals surface area contributed by atoms with E-state index in [0.717, 1.165) is 42.7 Å². The number of carbonyl (C=O) groups is 1. The van der Waals surface area contributed by atoms with Crippen molar-refractivity contribution in [3.05, 3.63) is 28.2 Å². The highest BCUT2D eigenvalue weighted by molar-refractivity contribution is 9.10. The van der Waals surface area contributed by atoms with Gasteiger partial charge in [-0.15, -0.1) is 0 Å². The quantitative estimate of drug-likeness (QED) is 0.661. The van der Waals surface area contributed by atoms with Crippen LogP contribution in [0.25, 0.3) is 0 Å². The highest BCUT2D eigenvalue weighted by atomic mass is 79.9. The van der Waals surface area contributed by atoms with Crippen molar-refractivity contribution in [2.75, 3.05) is 31.5 Å². The Hall–Kier alpha value is -1.14. The highest BCUT2D eigenvalue weighted by Gasteiger charge is 2.17. The lowest BCUT2D eigenvalue weighted by atomic mass is 10.2. The minimum atomic E-state index is 0.715. The molecule has 102 valence electrons. The van der Waals surface area contributed by atoms with E-state index in [9.17, 15) is 4.79 Å². The summed E-state index contributed by atoms with van der Waals surface area (Å²) >= 11 is 8.88. The molecule has 1 aromatic carbocycles. The normalized spacial score (nSPS) is 15.3. The van der Waals surface area contributed by atoms with Crippen molar-refractivity contribution in [3.63, 3.8) is 0 Å². The van der Waals surface area contributed by atoms with E-state index in [1.54, 1.807) is 4.90 Å². The molecular formula is C13H16BrN3OS. The standard InChI is InChI=1S/C13H16BrN3OS/c1-10-8-11(2-3-12(10)14)15-13(19)17-6-4-16(9-18)5-7-17/h2-3,8-9H,4-7H2,1H3,(H,15,19). The zero-order valence-electron chi connectivity index (χ0n) is 10.7. The number of amides is 1. The SMILES string of the molecule is Cc1cc(NC(=S)N2CCN(C=O)CC2)ccc1Br. The maximum absolute atomic E-state index is 10.7. The van der Waals surface area contributed by atoms with Crippen molar-refractivity contribution in [3.8, 4) is 0 Å². The van der Waals surface area contributed by atoms with Crippen molar-refractivity contribution in [1.82, 2.24) is 9.80 Å².